The minimum Gasteiger partial charge on any atom is -0.303 e. The summed E-state index contributed by atoms with van der Waals surface area (Å²) in [5, 5.41) is 6.35. The number of aromatic nitrogens is 3. The average Bonchev–Trinajstić information content (AvgIpc) is 3.10. The maximum Gasteiger partial charge on any atom is 0.326 e. The molecular formula is C20H23BrN6OS. The van der Waals surface area contributed by atoms with Crippen LogP contribution in [0.25, 0.3) is 10.6 Å². The van der Waals surface area contributed by atoms with Gasteiger partial charge in [-0.15, -0.1) is 11.3 Å². The van der Waals surface area contributed by atoms with Crippen LogP contribution in [-0.2, 0) is 6.42 Å². The van der Waals surface area contributed by atoms with Crippen LogP contribution >= 0.6 is 27.3 Å². The van der Waals surface area contributed by atoms with Crippen LogP contribution in [0.4, 0.5) is 16.4 Å². The SMILES string of the molecule is CCN(CC)CCc1cccc(NC(=O)Nc2nc(-c3ccncc3)sc2Br)n1. The van der Waals surface area contributed by atoms with Gasteiger partial charge in [-0.05, 0) is 53.3 Å². The molecule has 3 rings (SSSR count). The van der Waals surface area contributed by atoms with E-state index in [1.54, 1.807) is 18.5 Å². The Kier molecular flexibility index (Phi) is 7.68. The van der Waals surface area contributed by atoms with E-state index < -0.39 is 0 Å². The molecule has 9 heteroatoms. The summed E-state index contributed by atoms with van der Waals surface area (Å²) < 4.78 is 0.750. The van der Waals surface area contributed by atoms with Crippen molar-refractivity contribution in [2.24, 2.45) is 0 Å². The molecule has 2 amide bonds. The number of pyridine rings is 2. The maximum absolute atomic E-state index is 12.4. The van der Waals surface area contributed by atoms with Crippen molar-refractivity contribution in [3.63, 3.8) is 0 Å². The van der Waals surface area contributed by atoms with E-state index in [9.17, 15) is 4.79 Å². The summed E-state index contributed by atoms with van der Waals surface area (Å²) in [5.74, 6) is 0.984. The van der Waals surface area contributed by atoms with E-state index in [0.717, 1.165) is 46.1 Å². The first-order valence-corrected chi connectivity index (χ1v) is 11.0. The topological polar surface area (TPSA) is 83.0 Å². The highest BCUT2D eigenvalue weighted by molar-refractivity contribution is 9.11. The first-order valence-electron chi connectivity index (χ1n) is 9.42. The number of anilines is 2. The summed E-state index contributed by atoms with van der Waals surface area (Å²) in [6.07, 6.45) is 4.26. The molecule has 0 aliphatic heterocycles. The first-order chi connectivity index (χ1) is 14.1. The molecule has 0 fully saturated rings. The van der Waals surface area contributed by atoms with Gasteiger partial charge in [-0.25, -0.2) is 14.8 Å². The van der Waals surface area contributed by atoms with Gasteiger partial charge in [-0.1, -0.05) is 19.9 Å². The van der Waals surface area contributed by atoms with Crippen LogP contribution in [0, 0.1) is 0 Å². The minimum absolute atomic E-state index is 0.384. The average molecular weight is 475 g/mol. The fourth-order valence-corrected chi connectivity index (χ4v) is 4.15. The monoisotopic (exact) mass is 474 g/mol. The molecule has 0 aliphatic rings. The normalized spacial score (nSPS) is 10.9. The van der Waals surface area contributed by atoms with Crippen LogP contribution in [0.15, 0.2) is 46.5 Å². The molecule has 29 heavy (non-hydrogen) atoms. The summed E-state index contributed by atoms with van der Waals surface area (Å²) in [4.78, 5) is 27.8. The van der Waals surface area contributed by atoms with Crippen molar-refractivity contribution < 1.29 is 4.79 Å². The number of carbonyl (C=O) groups is 1. The Bertz CT molecular complexity index is 945. The number of urea groups is 1. The third-order valence-corrected chi connectivity index (χ3v) is 6.13. The number of carbonyl (C=O) groups excluding carboxylic acids is 1. The summed E-state index contributed by atoms with van der Waals surface area (Å²) in [6, 6.07) is 9.03. The molecule has 3 aromatic heterocycles. The highest BCUT2D eigenvalue weighted by Gasteiger charge is 2.14. The van der Waals surface area contributed by atoms with Crippen LogP contribution < -0.4 is 10.6 Å². The van der Waals surface area contributed by atoms with Gasteiger partial charge in [0, 0.05) is 36.6 Å². The largest absolute Gasteiger partial charge is 0.326 e. The lowest BCUT2D eigenvalue weighted by molar-refractivity contribution is 0.262. The smallest absolute Gasteiger partial charge is 0.303 e. The van der Waals surface area contributed by atoms with Gasteiger partial charge in [0.05, 0.1) is 0 Å². The van der Waals surface area contributed by atoms with Gasteiger partial charge in [0.15, 0.2) is 5.82 Å². The van der Waals surface area contributed by atoms with Gasteiger partial charge in [-0.3, -0.25) is 15.6 Å². The number of halogens is 1. The fourth-order valence-electron chi connectivity index (χ4n) is 2.75. The molecule has 0 unspecified atom stereocenters. The first kappa shape index (κ1) is 21.4. The van der Waals surface area contributed by atoms with E-state index in [4.69, 9.17) is 0 Å². The molecule has 0 radical (unpaired) electrons. The molecule has 3 heterocycles. The van der Waals surface area contributed by atoms with Crippen LogP contribution in [0.1, 0.15) is 19.5 Å². The number of thiazole rings is 1. The number of amides is 2. The van der Waals surface area contributed by atoms with Gasteiger partial charge < -0.3 is 4.90 Å². The molecule has 3 aromatic rings. The Hall–Kier alpha value is -2.36. The standard InChI is InChI=1S/C20H23BrN6OS/c1-3-27(4-2)13-10-15-6-5-7-16(23-15)24-20(28)26-18-17(21)29-19(25-18)14-8-11-22-12-9-14/h5-9,11-12H,3-4,10,13H2,1-2H3,(H2,23,24,26,28). The fraction of sp³-hybridized carbons (Fsp3) is 0.300. The maximum atomic E-state index is 12.4. The second-order valence-electron chi connectivity index (χ2n) is 6.25. The molecule has 0 saturated heterocycles. The third-order valence-electron chi connectivity index (χ3n) is 4.37. The van der Waals surface area contributed by atoms with Crippen molar-refractivity contribution in [1.29, 1.82) is 0 Å². The van der Waals surface area contributed by atoms with E-state index in [1.165, 1.54) is 11.3 Å². The summed E-state index contributed by atoms with van der Waals surface area (Å²) in [7, 11) is 0. The van der Waals surface area contributed by atoms with Crippen molar-refractivity contribution in [3.05, 3.63) is 52.2 Å². The molecule has 0 aromatic carbocycles. The van der Waals surface area contributed by atoms with Gasteiger partial charge >= 0.3 is 6.03 Å². The Labute approximate surface area is 182 Å². The number of nitrogens with one attached hydrogen (secondary N) is 2. The molecule has 0 atom stereocenters. The number of rotatable bonds is 8. The molecule has 7 nitrogen and oxygen atoms in total. The van der Waals surface area contributed by atoms with Gasteiger partial charge in [0.25, 0.3) is 0 Å². The Morgan fingerprint density at radius 1 is 1.10 bits per heavy atom. The van der Waals surface area contributed by atoms with Gasteiger partial charge in [0.1, 0.15) is 14.6 Å². The minimum atomic E-state index is -0.384. The molecular weight excluding hydrogens is 452 g/mol. The van der Waals surface area contributed by atoms with Crippen LogP contribution in [-0.4, -0.2) is 45.5 Å². The zero-order valence-corrected chi connectivity index (χ0v) is 18.8. The number of nitrogens with zero attached hydrogens (tertiary/aromatic N) is 4. The highest BCUT2D eigenvalue weighted by atomic mass is 79.9. The molecule has 0 spiro atoms. The van der Waals surface area contributed by atoms with Crippen LogP contribution in [0.3, 0.4) is 0 Å². The van der Waals surface area contributed by atoms with E-state index in [2.05, 4.69) is 60.3 Å². The van der Waals surface area contributed by atoms with E-state index >= 15 is 0 Å². The second kappa shape index (κ2) is 10.4. The summed E-state index contributed by atoms with van der Waals surface area (Å²) >= 11 is 4.91. The van der Waals surface area contributed by atoms with E-state index in [-0.39, 0.29) is 6.03 Å². The van der Waals surface area contributed by atoms with Crippen molar-refractivity contribution in [3.8, 4) is 10.6 Å². The molecule has 2 N–H and O–H groups in total. The third kappa shape index (κ3) is 6.06. The molecule has 0 bridgehead atoms. The predicted molar refractivity (Wildman–Crippen MR) is 121 cm³/mol. The number of likely N-dealkylation sites (N-methyl/N-ethyl adjacent to an activating group) is 1. The van der Waals surface area contributed by atoms with Crippen molar-refractivity contribution in [2.45, 2.75) is 20.3 Å². The van der Waals surface area contributed by atoms with E-state index in [1.807, 2.05) is 24.3 Å². The summed E-state index contributed by atoms with van der Waals surface area (Å²) in [5.41, 5.74) is 1.89. The Morgan fingerprint density at radius 3 is 2.59 bits per heavy atom. The Balaban J connectivity index is 1.61. The zero-order valence-electron chi connectivity index (χ0n) is 16.4. The van der Waals surface area contributed by atoms with Crippen molar-refractivity contribution in [2.75, 3.05) is 30.3 Å². The van der Waals surface area contributed by atoms with Crippen molar-refractivity contribution >= 4 is 44.9 Å². The van der Waals surface area contributed by atoms with Crippen LogP contribution in [0.5, 0.6) is 0 Å². The van der Waals surface area contributed by atoms with Crippen LogP contribution in [0.2, 0.25) is 0 Å². The molecule has 0 saturated carbocycles. The molecule has 152 valence electrons. The Morgan fingerprint density at radius 2 is 1.86 bits per heavy atom. The van der Waals surface area contributed by atoms with E-state index in [0.29, 0.717) is 11.6 Å². The summed E-state index contributed by atoms with van der Waals surface area (Å²) in [6.45, 7) is 7.27. The second-order valence-corrected chi connectivity index (χ2v) is 8.56. The zero-order chi connectivity index (χ0) is 20.6. The quantitative estimate of drug-likeness (QED) is 0.485. The van der Waals surface area contributed by atoms with Crippen molar-refractivity contribution in [1.82, 2.24) is 19.9 Å². The lowest BCUT2D eigenvalue weighted by atomic mass is 10.2. The number of hydrogen-bond acceptors (Lipinski definition) is 6. The lowest BCUT2D eigenvalue weighted by Crippen LogP contribution is -2.25. The van der Waals surface area contributed by atoms with Gasteiger partial charge in [0.2, 0.25) is 0 Å². The van der Waals surface area contributed by atoms with Gasteiger partial charge in [-0.2, -0.15) is 0 Å². The predicted octanol–water partition coefficient (Wildman–Crippen LogP) is 4.89. The molecule has 0 aliphatic carbocycles. The number of hydrogen-bond donors (Lipinski definition) is 2. The highest BCUT2D eigenvalue weighted by Crippen LogP contribution is 2.34. The lowest BCUT2D eigenvalue weighted by Gasteiger charge is -2.17.